The van der Waals surface area contributed by atoms with Crippen molar-refractivity contribution in [2.24, 2.45) is 0 Å². The molecule has 0 bridgehead atoms. The summed E-state index contributed by atoms with van der Waals surface area (Å²) in [6, 6.07) is 0. The van der Waals surface area contributed by atoms with E-state index < -0.39 is 0 Å². The van der Waals surface area contributed by atoms with Gasteiger partial charge in [-0.05, 0) is 0 Å². The van der Waals surface area contributed by atoms with Crippen molar-refractivity contribution in [1.29, 1.82) is 0 Å². The molecule has 0 saturated carbocycles. The van der Waals surface area contributed by atoms with Crippen LogP contribution in [0.4, 0.5) is 0 Å². The Balaban J connectivity index is -0.00000128. The van der Waals surface area contributed by atoms with E-state index in [0.29, 0.717) is 0 Å². The molecule has 0 heterocycles. The first-order chi connectivity index (χ1) is 8.41. The Morgan fingerprint density at radius 3 is 1.16 bits per heavy atom. The first kappa shape index (κ1) is 25.7. The molecule has 0 aliphatic rings. The minimum atomic E-state index is 0. The van der Waals surface area contributed by atoms with Gasteiger partial charge in [-0.3, -0.25) is 0 Å². The third-order valence-electron chi connectivity index (χ3n) is 3.41. The Labute approximate surface area is 154 Å². The van der Waals surface area contributed by atoms with E-state index in [2.05, 4.69) is 13.8 Å². The fourth-order valence-corrected chi connectivity index (χ4v) is 5.75. The van der Waals surface area contributed by atoms with Crippen molar-refractivity contribution < 1.29 is 0 Å². The van der Waals surface area contributed by atoms with Crippen molar-refractivity contribution in [2.75, 3.05) is 0 Å². The zero-order valence-electron chi connectivity index (χ0n) is 13.2. The van der Waals surface area contributed by atoms with Gasteiger partial charge >= 0.3 is 121 Å². The summed E-state index contributed by atoms with van der Waals surface area (Å²) >= 11 is 0.0736. The molecule has 0 fully saturated rings. The van der Waals surface area contributed by atoms with Crippen molar-refractivity contribution in [2.45, 2.75) is 99.8 Å². The Bertz CT molecular complexity index is 118. The second-order valence-electron chi connectivity index (χ2n) is 5.29. The second kappa shape index (κ2) is 24.8. The van der Waals surface area contributed by atoms with Crippen LogP contribution in [-0.4, -0.2) is 21.1 Å². The first-order valence-electron chi connectivity index (χ1n) is 8.12. The maximum atomic E-state index is 2.30. The molecule has 19 heavy (non-hydrogen) atoms. The first-order valence-corrected chi connectivity index (χ1v) is 12.2. The molecule has 0 aliphatic heterocycles. The van der Waals surface area contributed by atoms with Crippen LogP contribution in [0, 0.1) is 0 Å². The Morgan fingerprint density at radius 2 is 0.789 bits per heavy atom. The summed E-state index contributed by atoms with van der Waals surface area (Å²) in [5, 5.41) is 0. The number of rotatable bonds is 14. The summed E-state index contributed by atoms with van der Waals surface area (Å²) in [6.45, 7) is 4.60. The van der Waals surface area contributed by atoms with Gasteiger partial charge in [0.15, 0.2) is 0 Å². The van der Waals surface area contributed by atoms with E-state index in [1.165, 1.54) is 64.2 Å². The van der Waals surface area contributed by atoms with Crippen molar-refractivity contribution >= 4 is 55.1 Å². The summed E-state index contributed by atoms with van der Waals surface area (Å²) in [4.78, 5) is 0. The third-order valence-corrected chi connectivity index (χ3v) is 7.45. The summed E-state index contributed by atoms with van der Waals surface area (Å²) < 4.78 is 3.31. The molecule has 0 N–H and O–H groups in total. The molecule has 0 aromatic heterocycles. The molecule has 0 aromatic carbocycles. The normalized spacial score (nSPS) is 9.79. The van der Waals surface area contributed by atoms with Crippen LogP contribution in [0.5, 0.6) is 0 Å². The molecule has 3 heteroatoms. The van der Waals surface area contributed by atoms with Crippen LogP contribution in [0.2, 0.25) is 8.87 Å². The number of halogens is 2. The average Bonchev–Trinajstić information content (AvgIpc) is 2.35. The van der Waals surface area contributed by atoms with E-state index in [4.69, 9.17) is 0 Å². The van der Waals surface area contributed by atoms with Crippen LogP contribution in [0.25, 0.3) is 0 Å². The number of hydrogen-bond donors (Lipinski definition) is 0. The fourth-order valence-electron chi connectivity index (χ4n) is 2.19. The van der Waals surface area contributed by atoms with Crippen molar-refractivity contribution in [3.05, 3.63) is 0 Å². The van der Waals surface area contributed by atoms with Gasteiger partial charge in [-0.25, -0.2) is 0 Å². The van der Waals surface area contributed by atoms with Crippen LogP contribution >= 0.6 is 34.0 Å². The molecule has 0 atom stereocenters. The van der Waals surface area contributed by atoms with Crippen LogP contribution < -0.4 is 0 Å². The predicted octanol–water partition coefficient (Wildman–Crippen LogP) is 7.40. The predicted molar refractivity (Wildman–Crippen MR) is 103 cm³/mol. The molecule has 0 amide bonds. The van der Waals surface area contributed by atoms with Gasteiger partial charge in [-0.1, -0.05) is 0 Å². The van der Waals surface area contributed by atoms with Gasteiger partial charge in [0.2, 0.25) is 0 Å². The van der Waals surface area contributed by atoms with Crippen molar-refractivity contribution in [3.63, 3.8) is 0 Å². The fraction of sp³-hybridized carbons (Fsp3) is 1.00. The molecule has 0 unspecified atom stereocenters. The van der Waals surface area contributed by atoms with Gasteiger partial charge in [-0.15, -0.1) is 34.0 Å². The van der Waals surface area contributed by atoms with E-state index in [1.54, 1.807) is 21.7 Å². The quantitative estimate of drug-likeness (QED) is 0.170. The molecule has 0 nitrogen and oxygen atoms in total. The van der Waals surface area contributed by atoms with E-state index >= 15 is 0 Å². The van der Waals surface area contributed by atoms with Gasteiger partial charge in [0.1, 0.15) is 0 Å². The Hall–Kier alpha value is 1.76. The molecular weight excluding hydrogens is 471 g/mol. The van der Waals surface area contributed by atoms with Gasteiger partial charge in [0.25, 0.3) is 0 Å². The zero-order chi connectivity index (χ0) is 12.6. The third kappa shape index (κ3) is 25.1. The molecule has 118 valence electrons. The van der Waals surface area contributed by atoms with Gasteiger partial charge in [-0.2, -0.15) is 0 Å². The average molecular weight is 507 g/mol. The van der Waals surface area contributed by atoms with E-state index in [0.717, 1.165) is 0 Å². The zero-order valence-corrected chi connectivity index (χ0v) is 19.5. The van der Waals surface area contributed by atoms with Crippen LogP contribution in [0.3, 0.4) is 0 Å². The second-order valence-corrected chi connectivity index (χ2v) is 9.57. The summed E-state index contributed by atoms with van der Waals surface area (Å²) in [6.07, 6.45) is 17.8. The van der Waals surface area contributed by atoms with Gasteiger partial charge < -0.3 is 0 Å². The van der Waals surface area contributed by atoms with E-state index in [9.17, 15) is 0 Å². The van der Waals surface area contributed by atoms with Crippen molar-refractivity contribution in [1.82, 2.24) is 0 Å². The monoisotopic (exact) mass is 506 g/mol. The Morgan fingerprint density at radius 1 is 0.474 bits per heavy atom. The Kier molecular flexibility index (Phi) is 33.5. The van der Waals surface area contributed by atoms with Crippen LogP contribution in [-0.2, 0) is 0 Å². The topological polar surface area (TPSA) is 0 Å². The number of hydrogen-bond acceptors (Lipinski definition) is 0. The van der Waals surface area contributed by atoms with Crippen LogP contribution in [0.15, 0.2) is 0 Å². The molecule has 0 aromatic rings. The van der Waals surface area contributed by atoms with E-state index in [1.807, 2.05) is 0 Å². The summed E-state index contributed by atoms with van der Waals surface area (Å²) in [5.74, 6) is 0. The van der Waals surface area contributed by atoms with Gasteiger partial charge in [0.05, 0.1) is 0 Å². The molecular formula is C16H36Br2Sn. The standard InChI is InChI=1S/2C8H17.2BrH.Sn/c2*1-3-5-7-8-6-4-2;;;/h2*1,3-8H2,2H3;2*1H;. The van der Waals surface area contributed by atoms with Crippen molar-refractivity contribution in [3.8, 4) is 0 Å². The molecule has 0 rings (SSSR count). The molecule has 0 saturated heterocycles. The number of unbranched alkanes of at least 4 members (excludes halogenated alkanes) is 10. The summed E-state index contributed by atoms with van der Waals surface area (Å²) in [7, 11) is 0. The SMILES string of the molecule is Br.Br.CCCCCCC[CH2][Sn][CH2]CCCCCCC. The maximum absolute atomic E-state index is 2.30. The molecule has 2 radical (unpaired) electrons. The van der Waals surface area contributed by atoms with Gasteiger partial charge in [0, 0.05) is 0 Å². The summed E-state index contributed by atoms with van der Waals surface area (Å²) in [5.41, 5.74) is 0. The van der Waals surface area contributed by atoms with E-state index in [-0.39, 0.29) is 55.1 Å². The minimum absolute atomic E-state index is 0. The molecule has 0 spiro atoms. The van der Waals surface area contributed by atoms with Crippen LogP contribution in [0.1, 0.15) is 90.9 Å². The molecule has 0 aliphatic carbocycles.